The molecule has 24 heavy (non-hydrogen) atoms. The zero-order chi connectivity index (χ0) is 18.0. The van der Waals surface area contributed by atoms with E-state index >= 15 is 0 Å². The van der Waals surface area contributed by atoms with Crippen molar-refractivity contribution in [3.8, 4) is 0 Å². The van der Waals surface area contributed by atoms with Crippen molar-refractivity contribution in [2.24, 2.45) is 28.1 Å². The smallest absolute Gasteiger partial charge is 0.308 e. The van der Waals surface area contributed by atoms with E-state index in [1.807, 2.05) is 0 Å². The van der Waals surface area contributed by atoms with E-state index in [1.54, 1.807) is 0 Å². The summed E-state index contributed by atoms with van der Waals surface area (Å²) in [5.41, 5.74) is -1.17. The standard InChI is InChI=1S/C20H34O4/c1-17(2)13-6-10-19(4)14(18(13,3)9-8-15(17)21)7-11-20(19,23)12-16(22)24-5/h13-15,21,23H,6-12H2,1-5H3/t13-,14+,15-,18-,19+,20-/m0/s1. The topological polar surface area (TPSA) is 66.8 Å². The van der Waals surface area contributed by atoms with Crippen LogP contribution in [-0.2, 0) is 9.53 Å². The van der Waals surface area contributed by atoms with Crippen LogP contribution < -0.4 is 0 Å². The lowest BCUT2D eigenvalue weighted by Gasteiger charge is -2.63. The number of ether oxygens (including phenoxy) is 1. The fourth-order valence-electron chi connectivity index (χ4n) is 7.02. The molecule has 0 aliphatic heterocycles. The average Bonchev–Trinajstić information content (AvgIpc) is 2.76. The summed E-state index contributed by atoms with van der Waals surface area (Å²) in [6.45, 7) is 8.97. The maximum Gasteiger partial charge on any atom is 0.308 e. The number of fused-ring (bicyclic) bond motifs is 3. The summed E-state index contributed by atoms with van der Waals surface area (Å²) >= 11 is 0. The van der Waals surface area contributed by atoms with E-state index in [-0.39, 0.29) is 34.7 Å². The Balaban J connectivity index is 1.95. The van der Waals surface area contributed by atoms with Gasteiger partial charge in [0, 0.05) is 5.41 Å². The van der Waals surface area contributed by atoms with Crippen molar-refractivity contribution in [1.29, 1.82) is 0 Å². The summed E-state index contributed by atoms with van der Waals surface area (Å²) in [6, 6.07) is 0. The van der Waals surface area contributed by atoms with Crippen LogP contribution in [0.4, 0.5) is 0 Å². The quantitative estimate of drug-likeness (QED) is 0.758. The van der Waals surface area contributed by atoms with Gasteiger partial charge in [0.15, 0.2) is 0 Å². The second kappa shape index (κ2) is 5.44. The van der Waals surface area contributed by atoms with Crippen LogP contribution >= 0.6 is 0 Å². The highest BCUT2D eigenvalue weighted by atomic mass is 16.5. The van der Waals surface area contributed by atoms with Crippen LogP contribution in [0.5, 0.6) is 0 Å². The molecule has 0 bridgehead atoms. The number of aliphatic hydroxyl groups is 2. The zero-order valence-electron chi connectivity index (χ0n) is 15.9. The van der Waals surface area contributed by atoms with Crippen molar-refractivity contribution in [3.63, 3.8) is 0 Å². The van der Waals surface area contributed by atoms with Gasteiger partial charge in [0.2, 0.25) is 0 Å². The average molecular weight is 338 g/mol. The number of methoxy groups -OCH3 is 1. The molecule has 3 rings (SSSR count). The highest BCUT2D eigenvalue weighted by Gasteiger charge is 2.67. The molecule has 0 spiro atoms. The van der Waals surface area contributed by atoms with E-state index in [4.69, 9.17) is 4.74 Å². The third-order valence-corrected chi connectivity index (χ3v) is 8.60. The Bertz CT molecular complexity index is 530. The molecule has 138 valence electrons. The van der Waals surface area contributed by atoms with Crippen LogP contribution in [0, 0.1) is 28.1 Å². The summed E-state index contributed by atoms with van der Waals surface area (Å²) in [5, 5.41) is 21.9. The van der Waals surface area contributed by atoms with Gasteiger partial charge in [-0.15, -0.1) is 0 Å². The monoisotopic (exact) mass is 338 g/mol. The third-order valence-electron chi connectivity index (χ3n) is 8.60. The number of hydrogen-bond acceptors (Lipinski definition) is 4. The molecule has 0 heterocycles. The Morgan fingerprint density at radius 1 is 1.04 bits per heavy atom. The second-order valence-electron chi connectivity index (χ2n) is 9.77. The lowest BCUT2D eigenvalue weighted by atomic mass is 9.42. The van der Waals surface area contributed by atoms with E-state index in [1.165, 1.54) is 7.11 Å². The first-order valence-corrected chi connectivity index (χ1v) is 9.48. The molecular formula is C20H34O4. The minimum atomic E-state index is -0.959. The minimum absolute atomic E-state index is 0.0859. The Morgan fingerprint density at radius 2 is 1.67 bits per heavy atom. The molecule has 2 N–H and O–H groups in total. The molecule has 0 amide bonds. The second-order valence-corrected chi connectivity index (χ2v) is 9.77. The van der Waals surface area contributed by atoms with Gasteiger partial charge in [0.25, 0.3) is 0 Å². The molecule has 3 fully saturated rings. The van der Waals surface area contributed by atoms with Crippen LogP contribution in [0.3, 0.4) is 0 Å². The molecule has 0 saturated heterocycles. The van der Waals surface area contributed by atoms with Crippen molar-refractivity contribution >= 4 is 5.97 Å². The van der Waals surface area contributed by atoms with Crippen molar-refractivity contribution in [2.45, 2.75) is 84.3 Å². The van der Waals surface area contributed by atoms with Gasteiger partial charge in [0.05, 0.1) is 25.2 Å². The highest BCUT2D eigenvalue weighted by Crippen LogP contribution is 2.70. The third kappa shape index (κ3) is 2.21. The molecule has 0 aromatic rings. The molecule has 3 aliphatic rings. The minimum Gasteiger partial charge on any atom is -0.469 e. The van der Waals surface area contributed by atoms with Gasteiger partial charge < -0.3 is 14.9 Å². The number of rotatable bonds is 2. The predicted molar refractivity (Wildman–Crippen MR) is 92.3 cm³/mol. The molecular weight excluding hydrogens is 304 g/mol. The van der Waals surface area contributed by atoms with Gasteiger partial charge in [-0.25, -0.2) is 0 Å². The normalized spacial score (nSPS) is 50.0. The summed E-state index contributed by atoms with van der Waals surface area (Å²) in [6.07, 6.45) is 5.27. The Morgan fingerprint density at radius 3 is 2.29 bits per heavy atom. The molecule has 6 atom stereocenters. The Labute approximate surface area is 146 Å². The van der Waals surface area contributed by atoms with Crippen molar-refractivity contribution in [2.75, 3.05) is 7.11 Å². The first-order chi connectivity index (χ1) is 11.0. The number of carbonyl (C=O) groups excluding carboxylic acids is 1. The summed E-state index contributed by atoms with van der Waals surface area (Å²) < 4.78 is 4.85. The highest BCUT2D eigenvalue weighted by molar-refractivity contribution is 5.70. The van der Waals surface area contributed by atoms with Crippen LogP contribution in [0.2, 0.25) is 0 Å². The molecule has 4 nitrogen and oxygen atoms in total. The molecule has 0 unspecified atom stereocenters. The Hall–Kier alpha value is -0.610. The molecule has 0 aromatic carbocycles. The van der Waals surface area contributed by atoms with Crippen molar-refractivity contribution in [3.05, 3.63) is 0 Å². The van der Waals surface area contributed by atoms with E-state index in [0.717, 1.165) is 32.1 Å². The number of aliphatic hydroxyl groups excluding tert-OH is 1. The summed E-state index contributed by atoms with van der Waals surface area (Å²) in [4.78, 5) is 11.9. The summed E-state index contributed by atoms with van der Waals surface area (Å²) in [5.74, 6) is 0.545. The molecule has 3 saturated carbocycles. The Kier molecular flexibility index (Phi) is 4.12. The number of esters is 1. The number of hydrogen-bond donors (Lipinski definition) is 2. The predicted octanol–water partition coefficient (Wildman–Crippen LogP) is 3.29. The van der Waals surface area contributed by atoms with E-state index in [2.05, 4.69) is 27.7 Å². The van der Waals surface area contributed by atoms with Crippen molar-refractivity contribution in [1.82, 2.24) is 0 Å². The lowest BCUT2D eigenvalue weighted by molar-refractivity contribution is -0.197. The number of carbonyl (C=O) groups is 1. The van der Waals surface area contributed by atoms with Gasteiger partial charge in [0.1, 0.15) is 0 Å². The van der Waals surface area contributed by atoms with Crippen molar-refractivity contribution < 1.29 is 19.7 Å². The zero-order valence-corrected chi connectivity index (χ0v) is 15.9. The van der Waals surface area contributed by atoms with Gasteiger partial charge in [-0.05, 0) is 61.2 Å². The molecule has 0 aromatic heterocycles. The summed E-state index contributed by atoms with van der Waals surface area (Å²) in [7, 11) is 1.39. The molecule has 0 radical (unpaired) electrons. The fourth-order valence-corrected chi connectivity index (χ4v) is 7.02. The van der Waals surface area contributed by atoms with Crippen LogP contribution in [0.1, 0.15) is 72.6 Å². The van der Waals surface area contributed by atoms with Gasteiger partial charge >= 0.3 is 5.97 Å². The van der Waals surface area contributed by atoms with Gasteiger partial charge in [-0.1, -0.05) is 27.7 Å². The SMILES string of the molecule is COC(=O)C[C@@]1(O)CC[C@@H]2[C@@]3(C)CC[C@H](O)C(C)(C)[C@@H]3CC[C@]21C. The first-order valence-electron chi connectivity index (χ1n) is 9.48. The van der Waals surface area contributed by atoms with Gasteiger partial charge in [-0.2, -0.15) is 0 Å². The lowest BCUT2D eigenvalue weighted by Crippen LogP contribution is -2.60. The first kappa shape index (κ1) is 18.2. The maximum atomic E-state index is 11.9. The van der Waals surface area contributed by atoms with Gasteiger partial charge in [-0.3, -0.25) is 4.79 Å². The fraction of sp³-hybridized carbons (Fsp3) is 0.950. The van der Waals surface area contributed by atoms with E-state index in [0.29, 0.717) is 18.3 Å². The largest absolute Gasteiger partial charge is 0.469 e. The van der Waals surface area contributed by atoms with Crippen LogP contribution in [0.15, 0.2) is 0 Å². The molecule has 3 aliphatic carbocycles. The van der Waals surface area contributed by atoms with E-state index in [9.17, 15) is 15.0 Å². The van der Waals surface area contributed by atoms with Crippen LogP contribution in [0.25, 0.3) is 0 Å². The molecule has 4 heteroatoms. The van der Waals surface area contributed by atoms with E-state index < -0.39 is 5.60 Å². The maximum absolute atomic E-state index is 11.9. The van der Waals surface area contributed by atoms with Crippen LogP contribution in [-0.4, -0.2) is 35.0 Å².